The van der Waals surface area contributed by atoms with Gasteiger partial charge in [-0.05, 0) is 43.0 Å². The van der Waals surface area contributed by atoms with Gasteiger partial charge in [-0.2, -0.15) is 0 Å². The highest BCUT2D eigenvalue weighted by atomic mass is 79.9. The molecule has 0 aliphatic carbocycles. The molecule has 1 aromatic rings. The van der Waals surface area contributed by atoms with Gasteiger partial charge < -0.3 is 15.2 Å². The number of ether oxygens (including phenoxy) is 2. The van der Waals surface area contributed by atoms with Crippen LogP contribution in [-0.4, -0.2) is 25.9 Å². The lowest BCUT2D eigenvalue weighted by Gasteiger charge is -2.16. The maximum Gasteiger partial charge on any atom is 0.122 e. The van der Waals surface area contributed by atoms with Gasteiger partial charge in [0.25, 0.3) is 0 Å². The molecule has 4 heteroatoms. The van der Waals surface area contributed by atoms with Crippen LogP contribution in [0.5, 0.6) is 5.75 Å². The average molecular weight is 328 g/mol. The Morgan fingerprint density at radius 1 is 1.53 bits per heavy atom. The normalized spacial score (nSPS) is 20.5. The summed E-state index contributed by atoms with van der Waals surface area (Å²) in [5.41, 5.74) is 7.23. The molecule has 0 spiro atoms. The monoisotopic (exact) mass is 327 g/mol. The van der Waals surface area contributed by atoms with E-state index in [-0.39, 0.29) is 6.04 Å². The first kappa shape index (κ1) is 14.8. The van der Waals surface area contributed by atoms with Crippen LogP contribution in [-0.2, 0) is 11.2 Å². The van der Waals surface area contributed by atoms with Gasteiger partial charge in [-0.15, -0.1) is 0 Å². The van der Waals surface area contributed by atoms with E-state index in [2.05, 4.69) is 28.9 Å². The van der Waals surface area contributed by atoms with Crippen molar-refractivity contribution in [2.45, 2.75) is 32.2 Å². The summed E-state index contributed by atoms with van der Waals surface area (Å²) in [5, 5.41) is 0. The summed E-state index contributed by atoms with van der Waals surface area (Å²) in [4.78, 5) is 0. The zero-order valence-electron chi connectivity index (χ0n) is 11.4. The van der Waals surface area contributed by atoms with Crippen molar-refractivity contribution >= 4 is 15.9 Å². The fourth-order valence-electron chi connectivity index (χ4n) is 2.20. The van der Waals surface area contributed by atoms with Crippen molar-refractivity contribution in [3.63, 3.8) is 0 Å². The van der Waals surface area contributed by atoms with Gasteiger partial charge in [-0.25, -0.2) is 0 Å². The minimum absolute atomic E-state index is 0.187. The molecule has 3 nitrogen and oxygen atoms in total. The minimum atomic E-state index is 0.187. The molecule has 2 unspecified atom stereocenters. The third kappa shape index (κ3) is 4.48. The highest BCUT2D eigenvalue weighted by molar-refractivity contribution is 9.10. The van der Waals surface area contributed by atoms with Crippen molar-refractivity contribution in [3.05, 3.63) is 28.2 Å². The third-order valence-electron chi connectivity index (χ3n) is 3.53. The molecule has 0 aromatic heterocycles. The van der Waals surface area contributed by atoms with Gasteiger partial charge >= 0.3 is 0 Å². The van der Waals surface area contributed by atoms with E-state index in [1.165, 1.54) is 5.56 Å². The predicted molar refractivity (Wildman–Crippen MR) is 80.5 cm³/mol. The van der Waals surface area contributed by atoms with Crippen LogP contribution in [0.2, 0.25) is 0 Å². The second-order valence-corrected chi connectivity index (χ2v) is 6.08. The number of nitrogens with two attached hydrogens (primary N) is 1. The van der Waals surface area contributed by atoms with Gasteiger partial charge in [0, 0.05) is 23.0 Å². The smallest absolute Gasteiger partial charge is 0.122 e. The Bertz CT molecular complexity index is 405. The molecule has 1 aromatic carbocycles. The second kappa shape index (κ2) is 7.27. The lowest BCUT2D eigenvalue weighted by Crippen LogP contribution is -2.22. The quantitative estimate of drug-likeness (QED) is 0.872. The Morgan fingerprint density at radius 2 is 2.37 bits per heavy atom. The summed E-state index contributed by atoms with van der Waals surface area (Å²) in [7, 11) is 0. The van der Waals surface area contributed by atoms with Crippen LogP contribution in [0, 0.1) is 5.92 Å². The highest BCUT2D eigenvalue weighted by Crippen LogP contribution is 2.26. The lowest BCUT2D eigenvalue weighted by atomic mass is 10.0. The summed E-state index contributed by atoms with van der Waals surface area (Å²) in [5.74, 6) is 1.48. The molecule has 2 atom stereocenters. The molecule has 1 fully saturated rings. The average Bonchev–Trinajstić information content (AvgIpc) is 2.91. The molecular weight excluding hydrogens is 306 g/mol. The molecule has 1 aliphatic rings. The molecule has 0 saturated carbocycles. The Balaban J connectivity index is 2.00. The van der Waals surface area contributed by atoms with Crippen molar-refractivity contribution in [1.29, 1.82) is 0 Å². The SMILES string of the molecule is CCC(N)Cc1cc(Br)ccc1OCC1CCOC1. The molecular formula is C15H22BrNO2. The number of hydrogen-bond donors (Lipinski definition) is 1. The fraction of sp³-hybridized carbons (Fsp3) is 0.600. The number of hydrogen-bond acceptors (Lipinski definition) is 3. The van der Waals surface area contributed by atoms with Crippen LogP contribution in [0.1, 0.15) is 25.3 Å². The minimum Gasteiger partial charge on any atom is -0.493 e. The lowest BCUT2D eigenvalue weighted by molar-refractivity contribution is 0.166. The first-order valence-corrected chi connectivity index (χ1v) is 7.73. The van der Waals surface area contributed by atoms with Crippen LogP contribution in [0.15, 0.2) is 22.7 Å². The van der Waals surface area contributed by atoms with E-state index in [9.17, 15) is 0 Å². The Labute approximate surface area is 123 Å². The summed E-state index contributed by atoms with van der Waals surface area (Å²) in [6.07, 6.45) is 2.93. The predicted octanol–water partition coefficient (Wildman–Crippen LogP) is 3.14. The van der Waals surface area contributed by atoms with Crippen molar-refractivity contribution < 1.29 is 9.47 Å². The van der Waals surface area contributed by atoms with E-state index in [1.54, 1.807) is 0 Å². The largest absolute Gasteiger partial charge is 0.493 e. The van der Waals surface area contributed by atoms with Gasteiger partial charge in [0.05, 0.1) is 13.2 Å². The first-order chi connectivity index (χ1) is 9.19. The van der Waals surface area contributed by atoms with Gasteiger partial charge in [0.15, 0.2) is 0 Å². The van der Waals surface area contributed by atoms with E-state index >= 15 is 0 Å². The van der Waals surface area contributed by atoms with Gasteiger partial charge in [-0.1, -0.05) is 22.9 Å². The topological polar surface area (TPSA) is 44.5 Å². The molecule has 1 heterocycles. The number of rotatable bonds is 6. The highest BCUT2D eigenvalue weighted by Gasteiger charge is 2.17. The molecule has 19 heavy (non-hydrogen) atoms. The number of benzene rings is 1. The van der Waals surface area contributed by atoms with Gasteiger partial charge in [0.2, 0.25) is 0 Å². The standard InChI is InChI=1S/C15H22BrNO2/c1-2-14(17)8-12-7-13(16)3-4-15(12)19-10-11-5-6-18-9-11/h3-4,7,11,14H,2,5-6,8-10,17H2,1H3. The van der Waals surface area contributed by atoms with Crippen LogP contribution >= 0.6 is 15.9 Å². The van der Waals surface area contributed by atoms with E-state index in [1.807, 2.05) is 12.1 Å². The van der Waals surface area contributed by atoms with E-state index in [0.29, 0.717) is 5.92 Å². The van der Waals surface area contributed by atoms with Crippen LogP contribution in [0.3, 0.4) is 0 Å². The van der Waals surface area contributed by atoms with E-state index in [0.717, 1.165) is 49.3 Å². The van der Waals surface area contributed by atoms with Crippen LogP contribution in [0.4, 0.5) is 0 Å². The zero-order chi connectivity index (χ0) is 13.7. The molecule has 1 saturated heterocycles. The summed E-state index contributed by atoms with van der Waals surface area (Å²) in [6, 6.07) is 6.33. The number of halogens is 1. The molecule has 2 rings (SSSR count). The summed E-state index contributed by atoms with van der Waals surface area (Å²) >= 11 is 3.51. The van der Waals surface area contributed by atoms with Crippen molar-refractivity contribution in [3.8, 4) is 5.75 Å². The molecule has 0 radical (unpaired) electrons. The van der Waals surface area contributed by atoms with Gasteiger partial charge in [-0.3, -0.25) is 0 Å². The van der Waals surface area contributed by atoms with Crippen molar-refractivity contribution in [2.24, 2.45) is 11.7 Å². The third-order valence-corrected chi connectivity index (χ3v) is 4.02. The fourth-order valence-corrected chi connectivity index (χ4v) is 2.61. The van der Waals surface area contributed by atoms with Crippen molar-refractivity contribution in [2.75, 3.05) is 19.8 Å². The maximum absolute atomic E-state index is 6.05. The first-order valence-electron chi connectivity index (χ1n) is 6.93. The molecule has 1 aliphatic heterocycles. The maximum atomic E-state index is 6.05. The van der Waals surface area contributed by atoms with Crippen LogP contribution < -0.4 is 10.5 Å². The Morgan fingerprint density at radius 3 is 3.05 bits per heavy atom. The molecule has 0 amide bonds. The van der Waals surface area contributed by atoms with E-state index < -0.39 is 0 Å². The zero-order valence-corrected chi connectivity index (χ0v) is 13.0. The summed E-state index contributed by atoms with van der Waals surface area (Å²) < 4.78 is 12.4. The Kier molecular flexibility index (Phi) is 5.67. The Hall–Kier alpha value is -0.580. The molecule has 106 valence electrons. The van der Waals surface area contributed by atoms with Crippen LogP contribution in [0.25, 0.3) is 0 Å². The van der Waals surface area contributed by atoms with E-state index in [4.69, 9.17) is 15.2 Å². The summed E-state index contributed by atoms with van der Waals surface area (Å²) in [6.45, 7) is 4.53. The van der Waals surface area contributed by atoms with Crippen molar-refractivity contribution in [1.82, 2.24) is 0 Å². The second-order valence-electron chi connectivity index (χ2n) is 5.17. The molecule has 0 bridgehead atoms. The molecule has 2 N–H and O–H groups in total. The van der Waals surface area contributed by atoms with Gasteiger partial charge in [0.1, 0.15) is 5.75 Å².